The average molecular weight is 398 g/mol. The molecule has 0 bridgehead atoms. The molecule has 0 aliphatic heterocycles. The summed E-state index contributed by atoms with van der Waals surface area (Å²) in [7, 11) is 0. The van der Waals surface area contributed by atoms with Gasteiger partial charge in [-0.15, -0.1) is 0 Å². The largest absolute Gasteiger partial charge is 0.416 e. The van der Waals surface area contributed by atoms with Crippen LogP contribution in [0.5, 0.6) is 0 Å². The molecule has 152 valence electrons. The summed E-state index contributed by atoms with van der Waals surface area (Å²) in [4.78, 5) is 23.6. The Morgan fingerprint density at radius 2 is 1.33 bits per heavy atom. The van der Waals surface area contributed by atoms with Crippen molar-refractivity contribution in [2.24, 2.45) is 5.92 Å². The molecule has 27 heavy (non-hydrogen) atoms. The monoisotopic (exact) mass is 398 g/mol. The molecule has 10 heteroatoms. The van der Waals surface area contributed by atoms with Gasteiger partial charge in [-0.05, 0) is 43.9 Å². The Hall–Kier alpha value is -2.26. The van der Waals surface area contributed by atoms with Crippen LogP contribution in [0.15, 0.2) is 18.2 Å². The molecular weight excluding hydrogens is 378 g/mol. The molecular formula is C17H20F6N2O2. The fourth-order valence-corrected chi connectivity index (χ4v) is 2.16. The van der Waals surface area contributed by atoms with E-state index in [1.54, 1.807) is 12.2 Å². The predicted molar refractivity (Wildman–Crippen MR) is 86.8 cm³/mol. The van der Waals surface area contributed by atoms with Crippen molar-refractivity contribution in [1.29, 1.82) is 0 Å². The molecule has 0 aliphatic carbocycles. The quantitative estimate of drug-likeness (QED) is 0.563. The van der Waals surface area contributed by atoms with Gasteiger partial charge in [0.2, 0.25) is 0 Å². The Morgan fingerprint density at radius 3 is 1.74 bits per heavy atom. The summed E-state index contributed by atoms with van der Waals surface area (Å²) in [5.74, 6) is -2.12. The molecule has 0 fully saturated rings. The van der Waals surface area contributed by atoms with Crippen LogP contribution < -0.4 is 10.6 Å². The van der Waals surface area contributed by atoms with Crippen molar-refractivity contribution in [3.63, 3.8) is 0 Å². The lowest BCUT2D eigenvalue weighted by atomic mass is 10.0. The summed E-state index contributed by atoms with van der Waals surface area (Å²) in [6.07, 6.45) is -8.76. The van der Waals surface area contributed by atoms with E-state index >= 15 is 0 Å². The lowest BCUT2D eigenvalue weighted by molar-refractivity contribution is -0.143. The number of alkyl halides is 6. The molecule has 1 aromatic rings. The van der Waals surface area contributed by atoms with Crippen LogP contribution in [-0.2, 0) is 21.9 Å². The van der Waals surface area contributed by atoms with Crippen LogP contribution in [0.2, 0.25) is 0 Å². The first-order chi connectivity index (χ1) is 12.2. The van der Waals surface area contributed by atoms with Crippen molar-refractivity contribution >= 4 is 17.5 Å². The third-order valence-corrected chi connectivity index (χ3v) is 3.61. The topological polar surface area (TPSA) is 58.2 Å². The minimum absolute atomic E-state index is 0.0658. The molecule has 0 radical (unpaired) electrons. The van der Waals surface area contributed by atoms with E-state index in [4.69, 9.17) is 0 Å². The van der Waals surface area contributed by atoms with Crippen molar-refractivity contribution < 1.29 is 35.9 Å². The van der Waals surface area contributed by atoms with Gasteiger partial charge in [0.05, 0.1) is 11.1 Å². The number of benzene rings is 1. The smallest absolute Gasteiger partial charge is 0.345 e. The molecule has 0 spiro atoms. The third-order valence-electron chi connectivity index (χ3n) is 3.61. The van der Waals surface area contributed by atoms with Gasteiger partial charge in [-0.3, -0.25) is 9.59 Å². The SMILES string of the molecule is CC(C)CCC(C)NC(=O)C(=O)Nc1cc(C(F)(F)F)cc(C(F)(F)F)c1. The number of nitrogens with one attached hydrogen (secondary N) is 2. The summed E-state index contributed by atoms with van der Waals surface area (Å²) in [5, 5.41) is 4.14. The minimum Gasteiger partial charge on any atom is -0.345 e. The first kappa shape index (κ1) is 22.8. The number of rotatable bonds is 5. The highest BCUT2D eigenvalue weighted by Gasteiger charge is 2.37. The molecule has 1 rings (SSSR count). The van der Waals surface area contributed by atoms with E-state index in [0.29, 0.717) is 24.5 Å². The Bertz CT molecular complexity index is 651. The molecule has 0 aromatic heterocycles. The molecule has 0 saturated heterocycles. The summed E-state index contributed by atoms with van der Waals surface area (Å²) < 4.78 is 76.8. The van der Waals surface area contributed by atoms with Gasteiger partial charge in [-0.25, -0.2) is 0 Å². The lowest BCUT2D eigenvalue weighted by Crippen LogP contribution is -2.40. The average Bonchev–Trinajstić information content (AvgIpc) is 2.50. The van der Waals surface area contributed by atoms with Crippen LogP contribution in [0, 0.1) is 5.92 Å². The van der Waals surface area contributed by atoms with Gasteiger partial charge in [0, 0.05) is 11.7 Å². The number of amides is 2. The molecule has 0 saturated carbocycles. The summed E-state index contributed by atoms with van der Waals surface area (Å²) >= 11 is 0. The van der Waals surface area contributed by atoms with Crippen molar-refractivity contribution in [3.8, 4) is 0 Å². The first-order valence-electron chi connectivity index (χ1n) is 8.11. The Morgan fingerprint density at radius 1 is 0.852 bits per heavy atom. The maximum absolute atomic E-state index is 12.8. The van der Waals surface area contributed by atoms with E-state index in [2.05, 4.69) is 5.32 Å². The number of hydrogen-bond donors (Lipinski definition) is 2. The molecule has 0 aliphatic rings. The van der Waals surface area contributed by atoms with Crippen LogP contribution >= 0.6 is 0 Å². The van der Waals surface area contributed by atoms with Gasteiger partial charge in [0.1, 0.15) is 0 Å². The van der Waals surface area contributed by atoms with Gasteiger partial charge >= 0.3 is 24.2 Å². The van der Waals surface area contributed by atoms with E-state index in [1.807, 2.05) is 13.8 Å². The second-order valence-electron chi connectivity index (χ2n) is 6.59. The zero-order valence-electron chi connectivity index (χ0n) is 14.9. The highest BCUT2D eigenvalue weighted by atomic mass is 19.4. The van der Waals surface area contributed by atoms with Crippen molar-refractivity contribution in [1.82, 2.24) is 5.32 Å². The summed E-state index contributed by atoms with van der Waals surface area (Å²) in [6.45, 7) is 5.57. The van der Waals surface area contributed by atoms with Crippen molar-refractivity contribution in [3.05, 3.63) is 29.3 Å². The summed E-state index contributed by atoms with van der Waals surface area (Å²) in [6, 6.07) is 0.229. The van der Waals surface area contributed by atoms with E-state index in [1.165, 1.54) is 0 Å². The summed E-state index contributed by atoms with van der Waals surface area (Å²) in [5.41, 5.74) is -3.94. The third kappa shape index (κ3) is 7.48. The normalized spacial score (nSPS) is 13.4. The van der Waals surface area contributed by atoms with Gasteiger partial charge < -0.3 is 10.6 Å². The Labute approximate surface area is 152 Å². The van der Waals surface area contributed by atoms with Gasteiger partial charge in [0.15, 0.2) is 0 Å². The fourth-order valence-electron chi connectivity index (χ4n) is 2.16. The van der Waals surface area contributed by atoms with Crippen molar-refractivity contribution in [2.75, 3.05) is 5.32 Å². The molecule has 4 nitrogen and oxygen atoms in total. The number of carbonyl (C=O) groups excluding carboxylic acids is 2. The second kappa shape index (κ2) is 8.62. The van der Waals surface area contributed by atoms with Crippen LogP contribution in [0.3, 0.4) is 0 Å². The van der Waals surface area contributed by atoms with Gasteiger partial charge in [-0.1, -0.05) is 13.8 Å². The van der Waals surface area contributed by atoms with E-state index in [0.717, 1.165) is 6.42 Å². The zero-order chi connectivity index (χ0) is 21.0. The first-order valence-corrected chi connectivity index (χ1v) is 8.11. The Balaban J connectivity index is 2.93. The Kier molecular flexibility index (Phi) is 7.27. The van der Waals surface area contributed by atoms with Crippen LogP contribution in [0.25, 0.3) is 0 Å². The number of halogens is 6. The fraction of sp³-hybridized carbons (Fsp3) is 0.529. The van der Waals surface area contributed by atoms with E-state index < -0.39 is 41.0 Å². The number of carbonyl (C=O) groups is 2. The molecule has 2 amide bonds. The van der Waals surface area contributed by atoms with Crippen LogP contribution in [-0.4, -0.2) is 17.9 Å². The van der Waals surface area contributed by atoms with E-state index in [-0.39, 0.29) is 12.1 Å². The van der Waals surface area contributed by atoms with Gasteiger partial charge in [-0.2, -0.15) is 26.3 Å². The van der Waals surface area contributed by atoms with Crippen LogP contribution in [0.4, 0.5) is 32.0 Å². The number of anilines is 1. The highest BCUT2D eigenvalue weighted by Crippen LogP contribution is 2.37. The standard InChI is InChI=1S/C17H20F6N2O2/c1-9(2)4-5-10(3)24-14(26)15(27)25-13-7-11(16(18,19)20)6-12(8-13)17(21,22)23/h6-10H,4-5H2,1-3H3,(H,24,26)(H,25,27). The maximum Gasteiger partial charge on any atom is 0.416 e. The molecule has 0 heterocycles. The molecule has 1 unspecified atom stereocenters. The zero-order valence-corrected chi connectivity index (χ0v) is 14.9. The minimum atomic E-state index is -5.05. The second-order valence-corrected chi connectivity index (χ2v) is 6.59. The van der Waals surface area contributed by atoms with E-state index in [9.17, 15) is 35.9 Å². The van der Waals surface area contributed by atoms with Gasteiger partial charge in [0.25, 0.3) is 0 Å². The molecule has 1 aromatic carbocycles. The maximum atomic E-state index is 12.8. The highest BCUT2D eigenvalue weighted by molar-refractivity contribution is 6.39. The lowest BCUT2D eigenvalue weighted by Gasteiger charge is -2.16. The number of hydrogen-bond acceptors (Lipinski definition) is 2. The molecule has 2 N–H and O–H groups in total. The van der Waals surface area contributed by atoms with Crippen LogP contribution in [0.1, 0.15) is 44.7 Å². The van der Waals surface area contributed by atoms with Crippen molar-refractivity contribution in [2.45, 2.75) is 52.0 Å². The molecule has 1 atom stereocenters. The predicted octanol–water partition coefficient (Wildman–Crippen LogP) is 4.60.